The third-order valence-corrected chi connectivity index (χ3v) is 5.47. The van der Waals surface area contributed by atoms with Crippen molar-refractivity contribution in [3.63, 3.8) is 0 Å². The highest BCUT2D eigenvalue weighted by Crippen LogP contribution is 2.35. The summed E-state index contributed by atoms with van der Waals surface area (Å²) in [6.45, 7) is 4.79. The van der Waals surface area contributed by atoms with Crippen molar-refractivity contribution in [2.24, 2.45) is 0 Å². The van der Waals surface area contributed by atoms with E-state index in [0.29, 0.717) is 16.5 Å². The highest BCUT2D eigenvalue weighted by molar-refractivity contribution is 6.11. The van der Waals surface area contributed by atoms with Crippen LogP contribution in [0.5, 0.6) is 5.75 Å². The number of fused-ring (bicyclic) bond motifs is 1. The number of benzene rings is 3. The summed E-state index contributed by atoms with van der Waals surface area (Å²) in [5.41, 5.74) is 3.98. The number of aromatic nitrogens is 1. The van der Waals surface area contributed by atoms with Crippen molar-refractivity contribution in [1.29, 1.82) is 0 Å². The summed E-state index contributed by atoms with van der Waals surface area (Å²) in [4.78, 5) is 37.5. The second-order valence-electron chi connectivity index (χ2n) is 7.77. The molecule has 0 aliphatic carbocycles. The number of ether oxygens (including phenoxy) is 1. The minimum Gasteiger partial charge on any atom is -0.423 e. The van der Waals surface area contributed by atoms with Crippen molar-refractivity contribution >= 4 is 34.5 Å². The van der Waals surface area contributed by atoms with Gasteiger partial charge in [0.05, 0.1) is 11.1 Å². The van der Waals surface area contributed by atoms with Crippen LogP contribution in [0.15, 0.2) is 78.9 Å². The van der Waals surface area contributed by atoms with E-state index in [4.69, 9.17) is 4.74 Å². The van der Waals surface area contributed by atoms with E-state index < -0.39 is 5.97 Å². The lowest BCUT2D eigenvalue weighted by molar-refractivity contribution is -0.128. The van der Waals surface area contributed by atoms with Crippen LogP contribution in [-0.4, -0.2) is 22.1 Å². The Morgan fingerprint density at radius 3 is 2.09 bits per heavy atom. The van der Waals surface area contributed by atoms with Gasteiger partial charge >= 0.3 is 5.97 Å². The van der Waals surface area contributed by atoms with Crippen LogP contribution in [0.3, 0.4) is 0 Å². The standard InChI is InChI=1S/C28H23NO4/c1-18-28(20(3)31)24-17-26(33-27(32)15-14-21-10-6-4-7-11-21)23(19(2)30)16-25(24)29(18)22-12-8-5-9-13-22/h4-17H,1-3H3. The molecule has 0 unspecified atom stereocenters. The van der Waals surface area contributed by atoms with Gasteiger partial charge in [-0.2, -0.15) is 0 Å². The first-order valence-corrected chi connectivity index (χ1v) is 10.6. The molecular weight excluding hydrogens is 414 g/mol. The van der Waals surface area contributed by atoms with E-state index in [1.54, 1.807) is 18.2 Å². The van der Waals surface area contributed by atoms with Gasteiger partial charge in [0.1, 0.15) is 5.75 Å². The predicted octanol–water partition coefficient (Wildman–Crippen LogP) is 5.96. The Bertz CT molecular complexity index is 1400. The van der Waals surface area contributed by atoms with Gasteiger partial charge in [0.25, 0.3) is 0 Å². The maximum Gasteiger partial charge on any atom is 0.336 e. The smallest absolute Gasteiger partial charge is 0.336 e. The molecule has 3 aromatic carbocycles. The Morgan fingerprint density at radius 2 is 1.48 bits per heavy atom. The van der Waals surface area contributed by atoms with Crippen molar-refractivity contribution in [3.05, 3.63) is 101 Å². The SMILES string of the molecule is CC(=O)c1cc2c(cc1OC(=O)C=Cc1ccccc1)c(C(C)=O)c(C)n2-c1ccccc1. The van der Waals surface area contributed by atoms with E-state index in [2.05, 4.69) is 0 Å². The van der Waals surface area contributed by atoms with Gasteiger partial charge in [0, 0.05) is 28.4 Å². The summed E-state index contributed by atoms with van der Waals surface area (Å²) in [5.74, 6) is -0.826. The number of hydrogen-bond acceptors (Lipinski definition) is 4. The number of carbonyl (C=O) groups is 3. The molecule has 1 aromatic heterocycles. The number of ketones is 2. The van der Waals surface area contributed by atoms with E-state index in [1.807, 2.05) is 72.2 Å². The number of rotatable bonds is 6. The summed E-state index contributed by atoms with van der Waals surface area (Å²) < 4.78 is 7.50. The summed E-state index contributed by atoms with van der Waals surface area (Å²) in [5, 5.41) is 0.628. The predicted molar refractivity (Wildman–Crippen MR) is 129 cm³/mol. The number of hydrogen-bond donors (Lipinski definition) is 0. The maximum absolute atomic E-state index is 12.5. The fraction of sp³-hybridized carbons (Fsp3) is 0.107. The van der Waals surface area contributed by atoms with E-state index in [-0.39, 0.29) is 22.9 Å². The van der Waals surface area contributed by atoms with E-state index >= 15 is 0 Å². The molecule has 4 rings (SSSR count). The number of esters is 1. The zero-order valence-corrected chi connectivity index (χ0v) is 18.7. The van der Waals surface area contributed by atoms with Crippen molar-refractivity contribution < 1.29 is 19.1 Å². The van der Waals surface area contributed by atoms with Crippen LogP contribution in [0, 0.1) is 6.92 Å². The Labute approximate surface area is 191 Å². The zero-order valence-electron chi connectivity index (χ0n) is 18.7. The maximum atomic E-state index is 12.5. The Balaban J connectivity index is 1.84. The van der Waals surface area contributed by atoms with Gasteiger partial charge in [0.15, 0.2) is 11.6 Å². The van der Waals surface area contributed by atoms with Gasteiger partial charge in [-0.05, 0) is 56.7 Å². The first-order chi connectivity index (χ1) is 15.9. The van der Waals surface area contributed by atoms with E-state index in [1.165, 1.54) is 19.9 Å². The molecule has 0 saturated heterocycles. The monoisotopic (exact) mass is 437 g/mol. The van der Waals surface area contributed by atoms with Gasteiger partial charge in [-0.25, -0.2) is 4.79 Å². The van der Waals surface area contributed by atoms with E-state index in [0.717, 1.165) is 16.9 Å². The first kappa shape index (κ1) is 22.0. The van der Waals surface area contributed by atoms with Crippen molar-refractivity contribution in [1.82, 2.24) is 4.57 Å². The molecule has 0 amide bonds. The third-order valence-electron chi connectivity index (χ3n) is 5.47. The van der Waals surface area contributed by atoms with Crippen molar-refractivity contribution in [2.75, 3.05) is 0 Å². The lowest BCUT2D eigenvalue weighted by Crippen LogP contribution is -2.08. The number of nitrogens with zero attached hydrogens (tertiary/aromatic N) is 1. The van der Waals surface area contributed by atoms with Gasteiger partial charge in [-0.15, -0.1) is 0 Å². The highest BCUT2D eigenvalue weighted by Gasteiger charge is 2.22. The van der Waals surface area contributed by atoms with Crippen LogP contribution < -0.4 is 4.74 Å². The Morgan fingerprint density at radius 1 is 0.848 bits per heavy atom. The average Bonchev–Trinajstić information content (AvgIpc) is 3.09. The summed E-state index contributed by atoms with van der Waals surface area (Å²) in [6, 6.07) is 22.3. The molecule has 0 aliphatic rings. The largest absolute Gasteiger partial charge is 0.423 e. The highest BCUT2D eigenvalue weighted by atomic mass is 16.5. The summed E-state index contributed by atoms with van der Waals surface area (Å²) >= 11 is 0. The number of carbonyl (C=O) groups excluding carboxylic acids is 3. The van der Waals surface area contributed by atoms with Gasteiger partial charge in [-0.1, -0.05) is 48.5 Å². The summed E-state index contributed by atoms with van der Waals surface area (Å²) in [6.07, 6.45) is 2.96. The molecule has 5 nitrogen and oxygen atoms in total. The van der Waals surface area contributed by atoms with Crippen LogP contribution in [0.2, 0.25) is 0 Å². The zero-order chi connectivity index (χ0) is 23.5. The average molecular weight is 437 g/mol. The molecule has 0 spiro atoms. The van der Waals surface area contributed by atoms with Crippen LogP contribution in [0.4, 0.5) is 0 Å². The van der Waals surface area contributed by atoms with Crippen molar-refractivity contribution in [2.45, 2.75) is 20.8 Å². The van der Waals surface area contributed by atoms with Gasteiger partial charge in [0.2, 0.25) is 0 Å². The summed E-state index contributed by atoms with van der Waals surface area (Å²) in [7, 11) is 0. The molecule has 0 saturated carbocycles. The molecule has 0 fully saturated rings. The molecule has 0 bridgehead atoms. The number of para-hydroxylation sites is 1. The molecule has 0 N–H and O–H groups in total. The first-order valence-electron chi connectivity index (χ1n) is 10.6. The molecule has 0 atom stereocenters. The van der Waals surface area contributed by atoms with Gasteiger partial charge in [-0.3, -0.25) is 9.59 Å². The quantitative estimate of drug-likeness (QED) is 0.161. The molecule has 0 radical (unpaired) electrons. The fourth-order valence-electron chi connectivity index (χ4n) is 4.03. The molecule has 33 heavy (non-hydrogen) atoms. The van der Waals surface area contributed by atoms with Crippen LogP contribution in [0.25, 0.3) is 22.7 Å². The Kier molecular flexibility index (Phi) is 6.05. The lowest BCUT2D eigenvalue weighted by Gasteiger charge is -2.11. The second kappa shape index (κ2) is 9.09. The molecule has 4 aromatic rings. The van der Waals surface area contributed by atoms with Crippen LogP contribution in [0.1, 0.15) is 45.8 Å². The van der Waals surface area contributed by atoms with Crippen LogP contribution >= 0.6 is 0 Å². The molecule has 0 aliphatic heterocycles. The molecule has 164 valence electrons. The second-order valence-corrected chi connectivity index (χ2v) is 7.77. The van der Waals surface area contributed by atoms with E-state index in [9.17, 15) is 14.4 Å². The molecular formula is C28H23NO4. The normalized spacial score (nSPS) is 11.1. The number of Topliss-reactive ketones (excluding diaryl/α,β-unsaturated/α-hetero) is 2. The lowest BCUT2D eigenvalue weighted by atomic mass is 10.0. The topological polar surface area (TPSA) is 65.4 Å². The van der Waals surface area contributed by atoms with Crippen molar-refractivity contribution in [3.8, 4) is 11.4 Å². The Hall–Kier alpha value is -4.25. The minimum absolute atomic E-state index is 0.107. The van der Waals surface area contributed by atoms with Crippen LogP contribution in [-0.2, 0) is 4.79 Å². The molecule has 5 heteroatoms. The van der Waals surface area contributed by atoms with Gasteiger partial charge < -0.3 is 9.30 Å². The fourth-order valence-corrected chi connectivity index (χ4v) is 4.03. The minimum atomic E-state index is -0.607. The molecule has 1 heterocycles. The third kappa shape index (κ3) is 4.39.